The minimum atomic E-state index is -0.305. The highest BCUT2D eigenvalue weighted by Crippen LogP contribution is 2.31. The molecular weight excluding hydrogens is 472 g/mol. The lowest BCUT2D eigenvalue weighted by atomic mass is 9.98. The molecule has 0 unspecified atom stereocenters. The molecule has 0 N–H and O–H groups in total. The Morgan fingerprint density at radius 3 is 1.79 bits per heavy atom. The molecule has 0 aromatic heterocycles. The number of rotatable bonds is 6. The molecule has 0 aliphatic carbocycles. The summed E-state index contributed by atoms with van der Waals surface area (Å²) in [6, 6.07) is 27.6. The molecule has 2 heterocycles. The van der Waals surface area contributed by atoms with Gasteiger partial charge in [0.25, 0.3) is 17.7 Å². The zero-order valence-electron chi connectivity index (χ0n) is 21.5. The summed E-state index contributed by atoms with van der Waals surface area (Å²) in [6.45, 7) is 2.77. The Morgan fingerprint density at radius 2 is 1.11 bits per heavy atom. The van der Waals surface area contributed by atoms with Gasteiger partial charge in [0.1, 0.15) is 0 Å². The number of hydrogen-bond acceptors (Lipinski definition) is 3. The first-order valence-electron chi connectivity index (χ1n) is 13.0. The maximum Gasteiger partial charge on any atom is 0.266 e. The van der Waals surface area contributed by atoms with Crippen molar-refractivity contribution in [2.45, 2.75) is 32.7 Å². The quantitative estimate of drug-likeness (QED) is 0.314. The van der Waals surface area contributed by atoms with E-state index in [2.05, 4.69) is 31.2 Å². The third kappa shape index (κ3) is 4.20. The highest BCUT2D eigenvalue weighted by Gasteiger charge is 2.36. The minimum Gasteiger partial charge on any atom is -0.337 e. The summed E-state index contributed by atoms with van der Waals surface area (Å²) in [5, 5.41) is 0. The van der Waals surface area contributed by atoms with E-state index in [-0.39, 0.29) is 17.7 Å². The number of hydrogen-bond donors (Lipinski definition) is 0. The average Bonchev–Trinajstić information content (AvgIpc) is 3.36. The van der Waals surface area contributed by atoms with E-state index in [0.29, 0.717) is 29.8 Å². The molecule has 4 aromatic carbocycles. The predicted molar refractivity (Wildman–Crippen MR) is 148 cm³/mol. The van der Waals surface area contributed by atoms with E-state index in [1.54, 1.807) is 18.0 Å². The van der Waals surface area contributed by atoms with Crippen LogP contribution in [0.4, 0.5) is 5.69 Å². The average molecular weight is 501 g/mol. The first kappa shape index (κ1) is 23.9. The molecule has 2 aliphatic rings. The van der Waals surface area contributed by atoms with Crippen molar-refractivity contribution in [2.75, 3.05) is 11.9 Å². The maximum atomic E-state index is 13.3. The van der Waals surface area contributed by atoms with Crippen molar-refractivity contribution in [1.82, 2.24) is 4.90 Å². The Hall–Kier alpha value is -4.51. The first-order valence-corrected chi connectivity index (χ1v) is 13.0. The van der Waals surface area contributed by atoms with Crippen LogP contribution in [0.2, 0.25) is 0 Å². The summed E-state index contributed by atoms with van der Waals surface area (Å²) >= 11 is 0. The van der Waals surface area contributed by atoms with Crippen molar-refractivity contribution >= 4 is 23.4 Å². The second-order valence-corrected chi connectivity index (χ2v) is 10.2. The molecule has 0 spiro atoms. The van der Waals surface area contributed by atoms with Crippen LogP contribution in [0.1, 0.15) is 71.4 Å². The highest BCUT2D eigenvalue weighted by molar-refractivity contribution is 6.34. The molecule has 0 radical (unpaired) electrons. The van der Waals surface area contributed by atoms with E-state index in [1.807, 2.05) is 54.6 Å². The van der Waals surface area contributed by atoms with Gasteiger partial charge in [-0.3, -0.25) is 14.4 Å². The number of carbonyl (C=O) groups is 3. The molecule has 3 amide bonds. The zero-order chi connectivity index (χ0) is 26.4. The third-order valence-electron chi connectivity index (χ3n) is 7.55. The zero-order valence-corrected chi connectivity index (χ0v) is 21.5. The number of nitrogens with zero attached hydrogens (tertiary/aromatic N) is 2. The Labute approximate surface area is 222 Å². The SMILES string of the molecule is CCc1ccc(Cc2ccc(N3C(=O)c4ccc(Cc5ccc6c(c5)C(=O)N(C)C6)cc4C3=O)cc2)cc1. The molecule has 4 aromatic rings. The smallest absolute Gasteiger partial charge is 0.266 e. The van der Waals surface area contributed by atoms with Gasteiger partial charge in [-0.1, -0.05) is 61.5 Å². The summed E-state index contributed by atoms with van der Waals surface area (Å²) in [5.74, 6) is -0.571. The number of amides is 3. The fourth-order valence-corrected chi connectivity index (χ4v) is 5.36. The van der Waals surface area contributed by atoms with Crippen molar-refractivity contribution < 1.29 is 14.4 Å². The number of fused-ring (bicyclic) bond motifs is 2. The van der Waals surface area contributed by atoms with E-state index in [9.17, 15) is 14.4 Å². The molecule has 38 heavy (non-hydrogen) atoms. The van der Waals surface area contributed by atoms with Crippen molar-refractivity contribution in [3.63, 3.8) is 0 Å². The molecule has 0 bridgehead atoms. The van der Waals surface area contributed by atoms with Crippen LogP contribution >= 0.6 is 0 Å². The largest absolute Gasteiger partial charge is 0.337 e. The molecule has 0 fully saturated rings. The van der Waals surface area contributed by atoms with Crippen LogP contribution in [-0.4, -0.2) is 29.7 Å². The van der Waals surface area contributed by atoms with Crippen molar-refractivity contribution in [3.8, 4) is 0 Å². The molecule has 6 rings (SSSR count). The normalized spacial score (nSPS) is 14.3. The molecular formula is C33H28N2O3. The monoisotopic (exact) mass is 500 g/mol. The van der Waals surface area contributed by atoms with Gasteiger partial charge in [-0.25, -0.2) is 4.90 Å². The minimum absolute atomic E-state index is 0.0348. The van der Waals surface area contributed by atoms with Gasteiger partial charge in [-0.15, -0.1) is 0 Å². The molecule has 5 heteroatoms. The number of anilines is 1. The summed E-state index contributed by atoms with van der Waals surface area (Å²) in [5.41, 5.74) is 8.78. The van der Waals surface area contributed by atoms with E-state index in [0.717, 1.165) is 40.7 Å². The van der Waals surface area contributed by atoms with Gasteiger partial charge in [0, 0.05) is 19.2 Å². The van der Waals surface area contributed by atoms with Gasteiger partial charge in [-0.05, 0) is 83.0 Å². The Balaban J connectivity index is 1.19. The molecule has 5 nitrogen and oxygen atoms in total. The fraction of sp³-hybridized carbons (Fsp3) is 0.182. The second-order valence-electron chi connectivity index (χ2n) is 10.2. The van der Waals surface area contributed by atoms with E-state index in [4.69, 9.17) is 0 Å². The standard InChI is InChI=1S/C33H28N2O3/c1-3-21-4-6-22(7-5-21)16-23-9-13-27(14-10-23)35-32(37)28-15-11-25(19-30(28)33(35)38)17-24-8-12-26-20-34(2)31(36)29(26)18-24/h4-15,18-19H,3,16-17,20H2,1-2H3. The van der Waals surface area contributed by atoms with Gasteiger partial charge in [0.2, 0.25) is 0 Å². The Morgan fingerprint density at radius 1 is 0.579 bits per heavy atom. The summed E-state index contributed by atoms with van der Waals surface area (Å²) in [7, 11) is 1.80. The fourth-order valence-electron chi connectivity index (χ4n) is 5.36. The summed E-state index contributed by atoms with van der Waals surface area (Å²) in [4.78, 5) is 41.9. The van der Waals surface area contributed by atoms with E-state index < -0.39 is 0 Å². The topological polar surface area (TPSA) is 57.7 Å². The number of aryl methyl sites for hydroxylation is 1. The van der Waals surface area contributed by atoms with Crippen molar-refractivity contribution in [2.24, 2.45) is 0 Å². The lowest BCUT2D eigenvalue weighted by Crippen LogP contribution is -2.29. The lowest BCUT2D eigenvalue weighted by Gasteiger charge is -2.14. The Bertz CT molecular complexity index is 1590. The predicted octanol–water partition coefficient (Wildman–Crippen LogP) is 5.82. The van der Waals surface area contributed by atoms with Gasteiger partial charge >= 0.3 is 0 Å². The Kier molecular flexibility index (Phi) is 5.91. The van der Waals surface area contributed by atoms with E-state index in [1.165, 1.54) is 16.0 Å². The van der Waals surface area contributed by atoms with Gasteiger partial charge in [-0.2, -0.15) is 0 Å². The molecule has 0 saturated heterocycles. The first-order chi connectivity index (χ1) is 18.4. The van der Waals surface area contributed by atoms with Gasteiger partial charge in [0.05, 0.1) is 16.8 Å². The molecule has 188 valence electrons. The van der Waals surface area contributed by atoms with Crippen LogP contribution in [0, 0.1) is 0 Å². The van der Waals surface area contributed by atoms with Gasteiger partial charge in [0.15, 0.2) is 0 Å². The lowest BCUT2D eigenvalue weighted by molar-refractivity contribution is 0.0815. The second kappa shape index (κ2) is 9.42. The highest BCUT2D eigenvalue weighted by atomic mass is 16.2. The van der Waals surface area contributed by atoms with Crippen molar-refractivity contribution in [1.29, 1.82) is 0 Å². The molecule has 2 aliphatic heterocycles. The molecule has 0 atom stereocenters. The van der Waals surface area contributed by atoms with Crippen LogP contribution in [0.15, 0.2) is 84.9 Å². The van der Waals surface area contributed by atoms with Gasteiger partial charge < -0.3 is 4.90 Å². The third-order valence-corrected chi connectivity index (χ3v) is 7.55. The number of carbonyl (C=O) groups excluding carboxylic acids is 3. The van der Waals surface area contributed by atoms with Crippen LogP contribution < -0.4 is 4.90 Å². The van der Waals surface area contributed by atoms with Crippen molar-refractivity contribution in [3.05, 3.63) is 135 Å². The summed E-state index contributed by atoms with van der Waals surface area (Å²) < 4.78 is 0. The van der Waals surface area contributed by atoms with Crippen LogP contribution in [0.5, 0.6) is 0 Å². The van der Waals surface area contributed by atoms with Crippen LogP contribution in [-0.2, 0) is 25.8 Å². The number of imide groups is 1. The summed E-state index contributed by atoms with van der Waals surface area (Å²) in [6.07, 6.45) is 2.39. The van der Waals surface area contributed by atoms with E-state index >= 15 is 0 Å². The molecule has 0 saturated carbocycles. The van der Waals surface area contributed by atoms with Crippen LogP contribution in [0.25, 0.3) is 0 Å². The maximum absolute atomic E-state index is 13.3. The van der Waals surface area contributed by atoms with Crippen LogP contribution in [0.3, 0.4) is 0 Å². The number of benzene rings is 4.